The number of carbonyl (C=O) groups excluding carboxylic acids is 1. The highest BCUT2D eigenvalue weighted by molar-refractivity contribution is 5.94. The van der Waals surface area contributed by atoms with Crippen LogP contribution in [0.5, 0.6) is 0 Å². The van der Waals surface area contributed by atoms with Gasteiger partial charge in [0, 0.05) is 31.2 Å². The van der Waals surface area contributed by atoms with Gasteiger partial charge in [-0.3, -0.25) is 23.5 Å². The number of carbonyl (C=O) groups is 1. The van der Waals surface area contributed by atoms with Gasteiger partial charge in [-0.15, -0.1) is 0 Å². The average molecular weight is 408 g/mol. The quantitative estimate of drug-likeness (QED) is 0.508. The van der Waals surface area contributed by atoms with Crippen LogP contribution in [0.25, 0.3) is 22.1 Å². The van der Waals surface area contributed by atoms with Crippen LogP contribution in [0.2, 0.25) is 0 Å². The minimum Gasteiger partial charge on any atom is -0.324 e. The lowest BCUT2D eigenvalue weighted by atomic mass is 10.1. The first-order valence-corrected chi connectivity index (χ1v) is 9.36. The maximum atomic E-state index is 12.6. The first-order chi connectivity index (χ1) is 14.3. The number of hydrogen-bond donors (Lipinski definition) is 2. The highest BCUT2D eigenvalue weighted by atomic mass is 16.2. The summed E-state index contributed by atoms with van der Waals surface area (Å²) in [5.74, 6) is -0.376. The lowest BCUT2D eigenvalue weighted by molar-refractivity contribution is -0.116. The van der Waals surface area contributed by atoms with Crippen LogP contribution in [-0.4, -0.2) is 29.6 Å². The van der Waals surface area contributed by atoms with E-state index in [-0.39, 0.29) is 29.2 Å². The molecule has 4 aromatic rings. The van der Waals surface area contributed by atoms with Gasteiger partial charge in [-0.2, -0.15) is 0 Å². The number of nitrogens with zero attached hydrogens (tertiary/aromatic N) is 4. The molecule has 0 saturated carbocycles. The van der Waals surface area contributed by atoms with Gasteiger partial charge in [0.15, 0.2) is 11.2 Å². The van der Waals surface area contributed by atoms with Gasteiger partial charge in [0.1, 0.15) is 6.54 Å². The Morgan fingerprint density at radius 3 is 2.63 bits per heavy atom. The second-order valence-corrected chi connectivity index (χ2v) is 7.07. The molecule has 0 bridgehead atoms. The van der Waals surface area contributed by atoms with Gasteiger partial charge in [0.2, 0.25) is 11.5 Å². The molecule has 1 amide bonds. The van der Waals surface area contributed by atoms with Gasteiger partial charge in [-0.05, 0) is 24.1 Å². The molecule has 0 fully saturated rings. The van der Waals surface area contributed by atoms with Crippen molar-refractivity contribution in [2.24, 2.45) is 14.1 Å². The lowest BCUT2D eigenvalue weighted by Crippen LogP contribution is -2.37. The van der Waals surface area contributed by atoms with Crippen LogP contribution in [0.4, 0.5) is 5.69 Å². The van der Waals surface area contributed by atoms with E-state index in [4.69, 9.17) is 0 Å². The number of pyridine rings is 1. The molecular weight excluding hydrogens is 388 g/mol. The van der Waals surface area contributed by atoms with Crippen molar-refractivity contribution in [3.8, 4) is 0 Å². The largest absolute Gasteiger partial charge is 0.332 e. The molecule has 1 aromatic carbocycles. The predicted octanol–water partition coefficient (Wildman–Crippen LogP) is 0.476. The average Bonchev–Trinajstić information content (AvgIpc) is 3.13. The number of H-pyrrole nitrogens is 1. The van der Waals surface area contributed by atoms with E-state index in [0.717, 1.165) is 21.9 Å². The Morgan fingerprint density at radius 1 is 1.13 bits per heavy atom. The molecule has 3 aromatic heterocycles. The van der Waals surface area contributed by atoms with E-state index >= 15 is 0 Å². The Balaban J connectivity index is 1.65. The summed E-state index contributed by atoms with van der Waals surface area (Å²) in [6.45, 7) is 1.81. The fraction of sp³-hybridized carbons (Fsp3) is 0.250. The number of hydrogen-bond acceptors (Lipinski definition) is 5. The summed E-state index contributed by atoms with van der Waals surface area (Å²) in [4.78, 5) is 55.8. The van der Waals surface area contributed by atoms with Gasteiger partial charge < -0.3 is 14.9 Å². The number of nitrogens with one attached hydrogen (secondary N) is 2. The first-order valence-electron chi connectivity index (χ1n) is 9.36. The van der Waals surface area contributed by atoms with E-state index in [1.807, 2.05) is 13.0 Å². The standard InChI is InChI=1S/C20H20N6O4/c1-4-11-7-15(27)23-14-8-12(5-6-13(11)14)22-16(28)9-26-10-21-18-17(26)19(29)25(3)20(30)24(18)2/h5-8,10H,4,9H2,1-3H3,(H,22,28)(H,23,27). The number of amides is 1. The minimum absolute atomic E-state index is 0.159. The van der Waals surface area contributed by atoms with Gasteiger partial charge >= 0.3 is 5.69 Å². The lowest BCUT2D eigenvalue weighted by Gasteiger charge is -2.10. The molecule has 3 heterocycles. The van der Waals surface area contributed by atoms with E-state index in [0.29, 0.717) is 11.2 Å². The van der Waals surface area contributed by atoms with Crippen molar-refractivity contribution < 1.29 is 4.79 Å². The Bertz CT molecular complexity index is 1490. The number of aromatic nitrogens is 5. The van der Waals surface area contributed by atoms with E-state index in [9.17, 15) is 19.2 Å². The summed E-state index contributed by atoms with van der Waals surface area (Å²) < 4.78 is 3.64. The molecule has 0 radical (unpaired) electrons. The summed E-state index contributed by atoms with van der Waals surface area (Å²) in [5.41, 5.74) is 1.26. The predicted molar refractivity (Wildman–Crippen MR) is 113 cm³/mol. The van der Waals surface area contributed by atoms with Gasteiger partial charge in [-0.1, -0.05) is 13.0 Å². The summed E-state index contributed by atoms with van der Waals surface area (Å²) >= 11 is 0. The maximum Gasteiger partial charge on any atom is 0.332 e. The second kappa shape index (κ2) is 7.14. The third-order valence-electron chi connectivity index (χ3n) is 5.12. The third kappa shape index (κ3) is 3.11. The molecule has 0 saturated heterocycles. The number of fused-ring (bicyclic) bond motifs is 2. The zero-order chi connectivity index (χ0) is 21.6. The number of aryl methyl sites for hydroxylation is 2. The maximum absolute atomic E-state index is 12.6. The highest BCUT2D eigenvalue weighted by Crippen LogP contribution is 2.20. The molecular formula is C20H20N6O4. The van der Waals surface area contributed by atoms with Crippen molar-refractivity contribution in [1.29, 1.82) is 0 Å². The number of anilines is 1. The molecule has 0 aliphatic heterocycles. The molecule has 0 aliphatic carbocycles. The van der Waals surface area contributed by atoms with Crippen LogP contribution < -0.4 is 22.1 Å². The van der Waals surface area contributed by atoms with E-state index < -0.39 is 11.2 Å². The van der Waals surface area contributed by atoms with Crippen LogP contribution in [0.1, 0.15) is 12.5 Å². The topological polar surface area (TPSA) is 124 Å². The fourth-order valence-corrected chi connectivity index (χ4v) is 3.57. The molecule has 4 rings (SSSR count). The fourth-order valence-electron chi connectivity index (χ4n) is 3.57. The van der Waals surface area contributed by atoms with Gasteiger partial charge in [0.05, 0.1) is 11.8 Å². The molecule has 10 nitrogen and oxygen atoms in total. The zero-order valence-corrected chi connectivity index (χ0v) is 16.7. The monoisotopic (exact) mass is 408 g/mol. The van der Waals surface area contributed by atoms with E-state index in [1.165, 1.54) is 29.6 Å². The number of benzene rings is 1. The summed E-state index contributed by atoms with van der Waals surface area (Å²) in [6, 6.07) is 6.87. The van der Waals surface area contributed by atoms with Gasteiger partial charge in [0.25, 0.3) is 5.56 Å². The summed E-state index contributed by atoms with van der Waals surface area (Å²) in [5, 5.41) is 3.68. The number of rotatable bonds is 4. The molecule has 0 unspecified atom stereocenters. The van der Waals surface area contributed by atoms with Gasteiger partial charge in [-0.25, -0.2) is 9.78 Å². The number of imidazole rings is 1. The van der Waals surface area contributed by atoms with Crippen molar-refractivity contribution in [3.05, 3.63) is 67.3 Å². The van der Waals surface area contributed by atoms with E-state index in [2.05, 4.69) is 15.3 Å². The molecule has 154 valence electrons. The van der Waals surface area contributed by atoms with Crippen LogP contribution in [0.15, 0.2) is 45.0 Å². The van der Waals surface area contributed by atoms with Crippen molar-refractivity contribution in [2.45, 2.75) is 19.9 Å². The number of aromatic amines is 1. The van der Waals surface area contributed by atoms with Crippen molar-refractivity contribution in [2.75, 3.05) is 5.32 Å². The Labute approximate surface area is 169 Å². The molecule has 0 atom stereocenters. The van der Waals surface area contributed by atoms with Crippen LogP contribution in [-0.2, 0) is 31.9 Å². The Kier molecular flexibility index (Phi) is 4.61. The Morgan fingerprint density at radius 2 is 1.90 bits per heavy atom. The smallest absolute Gasteiger partial charge is 0.324 e. The molecule has 10 heteroatoms. The van der Waals surface area contributed by atoms with Crippen molar-refractivity contribution in [1.82, 2.24) is 23.7 Å². The third-order valence-corrected chi connectivity index (χ3v) is 5.12. The normalized spacial score (nSPS) is 11.3. The first kappa shape index (κ1) is 19.4. The van der Waals surface area contributed by atoms with Crippen molar-refractivity contribution in [3.63, 3.8) is 0 Å². The molecule has 2 N–H and O–H groups in total. The minimum atomic E-state index is -0.520. The van der Waals surface area contributed by atoms with Crippen molar-refractivity contribution >= 4 is 33.7 Å². The molecule has 0 spiro atoms. The van der Waals surface area contributed by atoms with Crippen LogP contribution in [0, 0.1) is 0 Å². The van der Waals surface area contributed by atoms with E-state index in [1.54, 1.807) is 18.2 Å². The molecule has 30 heavy (non-hydrogen) atoms. The van der Waals surface area contributed by atoms with Crippen LogP contribution >= 0.6 is 0 Å². The summed E-state index contributed by atoms with van der Waals surface area (Å²) in [7, 11) is 2.89. The molecule has 0 aliphatic rings. The highest BCUT2D eigenvalue weighted by Gasteiger charge is 2.16. The second-order valence-electron chi connectivity index (χ2n) is 7.07. The summed E-state index contributed by atoms with van der Waals surface area (Å²) in [6.07, 6.45) is 2.08. The Hall–Kier alpha value is -3.95. The SMILES string of the molecule is CCc1cc(=O)[nH]c2cc(NC(=O)Cn3cnc4c3c(=O)n(C)c(=O)n4C)ccc12. The van der Waals surface area contributed by atoms with Crippen LogP contribution in [0.3, 0.4) is 0 Å². The zero-order valence-electron chi connectivity index (χ0n) is 16.7.